The Hall–Kier alpha value is -1.09. The van der Waals surface area contributed by atoms with E-state index in [1.165, 1.54) is 4.88 Å². The predicted molar refractivity (Wildman–Crippen MR) is 111 cm³/mol. The van der Waals surface area contributed by atoms with Gasteiger partial charge in [-0.05, 0) is 25.3 Å². The summed E-state index contributed by atoms with van der Waals surface area (Å²) < 4.78 is 5.78. The number of hydrogen-bond donors (Lipinski definition) is 2. The Kier molecular flexibility index (Phi) is 8.21. The molecule has 24 heavy (non-hydrogen) atoms. The Labute approximate surface area is 165 Å². The van der Waals surface area contributed by atoms with Crippen molar-refractivity contribution < 1.29 is 4.42 Å². The molecule has 0 radical (unpaired) electrons. The van der Waals surface area contributed by atoms with Gasteiger partial charge in [0.15, 0.2) is 5.96 Å². The van der Waals surface area contributed by atoms with Crippen LogP contribution in [0.4, 0.5) is 0 Å². The average molecular weight is 462 g/mol. The number of nitrogens with one attached hydrogen (secondary N) is 2. The lowest BCUT2D eigenvalue weighted by molar-refractivity contribution is 0.383. The van der Waals surface area contributed by atoms with E-state index in [1.807, 2.05) is 0 Å². The largest absolute Gasteiger partial charge is 0.443 e. The van der Waals surface area contributed by atoms with Crippen LogP contribution < -0.4 is 10.6 Å². The van der Waals surface area contributed by atoms with Crippen LogP contribution >= 0.6 is 35.3 Å². The van der Waals surface area contributed by atoms with E-state index in [1.54, 1.807) is 17.5 Å². The Balaban J connectivity index is 0.00000288. The van der Waals surface area contributed by atoms with Crippen molar-refractivity contribution in [2.45, 2.75) is 52.6 Å². The fourth-order valence-corrected chi connectivity index (χ4v) is 2.75. The molecule has 7 heteroatoms. The van der Waals surface area contributed by atoms with Crippen LogP contribution in [0.5, 0.6) is 0 Å². The molecule has 0 saturated heterocycles. The maximum Gasteiger partial charge on any atom is 0.216 e. The van der Waals surface area contributed by atoms with E-state index in [-0.39, 0.29) is 35.4 Å². The third-order valence-corrected chi connectivity index (χ3v) is 4.39. The molecule has 0 aromatic carbocycles. The minimum atomic E-state index is -0.0363. The van der Waals surface area contributed by atoms with Crippen molar-refractivity contribution in [3.63, 3.8) is 0 Å². The number of nitrogens with zero attached hydrogens (tertiary/aromatic N) is 2. The molecular formula is C17H27IN4OS. The molecule has 5 nitrogen and oxygen atoms in total. The average Bonchev–Trinajstić information content (AvgIpc) is 3.15. The van der Waals surface area contributed by atoms with E-state index in [9.17, 15) is 0 Å². The van der Waals surface area contributed by atoms with Gasteiger partial charge in [0.05, 0.1) is 12.2 Å². The second-order valence-electron chi connectivity index (χ2n) is 6.44. The molecule has 1 atom stereocenters. The number of thiophene rings is 1. The van der Waals surface area contributed by atoms with Crippen molar-refractivity contribution in [3.8, 4) is 0 Å². The van der Waals surface area contributed by atoms with Crippen molar-refractivity contribution in [3.05, 3.63) is 40.2 Å². The number of guanidine groups is 1. The first-order chi connectivity index (χ1) is 10.9. The molecule has 1 unspecified atom stereocenters. The number of aromatic nitrogens is 1. The van der Waals surface area contributed by atoms with Crippen LogP contribution in [0.3, 0.4) is 0 Å². The van der Waals surface area contributed by atoms with E-state index >= 15 is 0 Å². The Morgan fingerprint density at radius 1 is 1.42 bits per heavy atom. The van der Waals surface area contributed by atoms with Gasteiger partial charge in [0, 0.05) is 16.8 Å². The zero-order valence-corrected chi connectivity index (χ0v) is 18.1. The lowest BCUT2D eigenvalue weighted by Crippen LogP contribution is -2.38. The van der Waals surface area contributed by atoms with Gasteiger partial charge < -0.3 is 15.1 Å². The Morgan fingerprint density at radius 3 is 2.71 bits per heavy atom. The maximum absolute atomic E-state index is 5.78. The lowest BCUT2D eigenvalue weighted by Gasteiger charge is -2.16. The van der Waals surface area contributed by atoms with Crippen molar-refractivity contribution >= 4 is 41.3 Å². The number of halogens is 1. The van der Waals surface area contributed by atoms with Crippen molar-refractivity contribution in [2.75, 3.05) is 6.54 Å². The lowest BCUT2D eigenvalue weighted by atomic mass is 9.94. The minimum absolute atomic E-state index is 0. The zero-order chi connectivity index (χ0) is 16.9. The van der Waals surface area contributed by atoms with E-state index < -0.39 is 0 Å². The molecule has 0 saturated carbocycles. The highest BCUT2D eigenvalue weighted by Crippen LogP contribution is 2.23. The molecule has 2 aromatic heterocycles. The highest BCUT2D eigenvalue weighted by atomic mass is 127. The summed E-state index contributed by atoms with van der Waals surface area (Å²) in [4.78, 5) is 10.2. The maximum atomic E-state index is 5.78. The first-order valence-corrected chi connectivity index (χ1v) is 8.81. The summed E-state index contributed by atoms with van der Waals surface area (Å²) in [5.74, 6) is 2.28. The van der Waals surface area contributed by atoms with Gasteiger partial charge in [0.2, 0.25) is 5.89 Å². The molecule has 0 aliphatic heterocycles. The standard InChI is InChI=1S/C17H26N4OS.HI/c1-6-18-16(21-12(2)13-8-7-9-23-13)20-11-15-19-10-14(22-15)17(3,4)5;/h7-10,12H,6,11H2,1-5H3,(H2,18,20,21);1H. The van der Waals surface area contributed by atoms with Crippen LogP contribution in [0, 0.1) is 0 Å². The SMILES string of the molecule is CCNC(=NCc1ncc(C(C)(C)C)o1)NC(C)c1cccs1.I. The van der Waals surface area contributed by atoms with Gasteiger partial charge in [0.1, 0.15) is 12.3 Å². The fourth-order valence-electron chi connectivity index (χ4n) is 2.01. The molecule has 2 N–H and O–H groups in total. The van der Waals surface area contributed by atoms with Crippen molar-refractivity contribution in [1.29, 1.82) is 0 Å². The van der Waals surface area contributed by atoms with Gasteiger partial charge in [-0.1, -0.05) is 26.8 Å². The van der Waals surface area contributed by atoms with E-state index in [0.29, 0.717) is 12.4 Å². The molecule has 0 spiro atoms. The zero-order valence-electron chi connectivity index (χ0n) is 14.9. The summed E-state index contributed by atoms with van der Waals surface area (Å²) >= 11 is 1.74. The van der Waals surface area contributed by atoms with Gasteiger partial charge in [-0.25, -0.2) is 9.98 Å². The van der Waals surface area contributed by atoms with Crippen LogP contribution in [0.2, 0.25) is 0 Å². The summed E-state index contributed by atoms with van der Waals surface area (Å²) in [5.41, 5.74) is -0.0363. The molecule has 2 aromatic rings. The third kappa shape index (κ3) is 6.08. The second-order valence-corrected chi connectivity index (χ2v) is 7.42. The van der Waals surface area contributed by atoms with Crippen LogP contribution in [0.25, 0.3) is 0 Å². The molecule has 0 amide bonds. The quantitative estimate of drug-likeness (QED) is 0.391. The first kappa shape index (κ1) is 21.0. The molecule has 0 aliphatic rings. The van der Waals surface area contributed by atoms with Gasteiger partial charge in [0.25, 0.3) is 0 Å². The minimum Gasteiger partial charge on any atom is -0.443 e. The number of aliphatic imine (C=N–C) groups is 1. The number of oxazole rings is 1. The monoisotopic (exact) mass is 462 g/mol. The van der Waals surface area contributed by atoms with E-state index in [4.69, 9.17) is 4.42 Å². The fraction of sp³-hybridized carbons (Fsp3) is 0.529. The van der Waals surface area contributed by atoms with Crippen LogP contribution in [0.15, 0.2) is 33.1 Å². The number of hydrogen-bond acceptors (Lipinski definition) is 4. The number of rotatable bonds is 5. The highest BCUT2D eigenvalue weighted by Gasteiger charge is 2.19. The summed E-state index contributed by atoms with van der Waals surface area (Å²) in [5, 5.41) is 8.75. The molecular weight excluding hydrogens is 435 g/mol. The highest BCUT2D eigenvalue weighted by molar-refractivity contribution is 14.0. The predicted octanol–water partition coefficient (Wildman–Crippen LogP) is 4.47. The summed E-state index contributed by atoms with van der Waals surface area (Å²) in [6.07, 6.45) is 1.79. The summed E-state index contributed by atoms with van der Waals surface area (Å²) in [6, 6.07) is 4.39. The van der Waals surface area contributed by atoms with Crippen LogP contribution in [0.1, 0.15) is 57.2 Å². The smallest absolute Gasteiger partial charge is 0.216 e. The summed E-state index contributed by atoms with van der Waals surface area (Å²) in [6.45, 7) is 11.7. The second kappa shape index (κ2) is 9.41. The molecule has 0 bridgehead atoms. The van der Waals surface area contributed by atoms with Crippen molar-refractivity contribution in [2.24, 2.45) is 4.99 Å². The normalized spacial score (nSPS) is 13.3. The third-order valence-electron chi connectivity index (χ3n) is 3.33. The van der Waals surface area contributed by atoms with Gasteiger partial charge in [-0.2, -0.15) is 0 Å². The van der Waals surface area contributed by atoms with E-state index in [0.717, 1.165) is 18.3 Å². The Morgan fingerprint density at radius 2 is 2.17 bits per heavy atom. The molecule has 0 fully saturated rings. The molecule has 2 heterocycles. The van der Waals surface area contributed by atoms with Gasteiger partial charge in [-0.3, -0.25) is 0 Å². The van der Waals surface area contributed by atoms with Gasteiger partial charge in [-0.15, -0.1) is 35.3 Å². The molecule has 2 rings (SSSR count). The van der Waals surface area contributed by atoms with E-state index in [2.05, 4.69) is 72.7 Å². The first-order valence-electron chi connectivity index (χ1n) is 7.93. The van der Waals surface area contributed by atoms with Crippen LogP contribution in [-0.4, -0.2) is 17.5 Å². The van der Waals surface area contributed by atoms with Gasteiger partial charge >= 0.3 is 0 Å². The molecule has 134 valence electrons. The van der Waals surface area contributed by atoms with Crippen molar-refractivity contribution in [1.82, 2.24) is 15.6 Å². The van der Waals surface area contributed by atoms with Crippen LogP contribution in [-0.2, 0) is 12.0 Å². The molecule has 0 aliphatic carbocycles. The topological polar surface area (TPSA) is 62.5 Å². The Bertz CT molecular complexity index is 631. The summed E-state index contributed by atoms with van der Waals surface area (Å²) in [7, 11) is 0.